The normalized spacial score (nSPS) is 18.1. The number of fused-ring (bicyclic) bond motifs is 1. The third kappa shape index (κ3) is 2.42. The van der Waals surface area contributed by atoms with E-state index < -0.39 is 10.9 Å². The van der Waals surface area contributed by atoms with Crippen LogP contribution in [0.4, 0.5) is 5.69 Å². The number of methoxy groups -OCH3 is 1. The summed E-state index contributed by atoms with van der Waals surface area (Å²) in [7, 11) is 1.64. The number of nitrogens with zero attached hydrogens (tertiary/aromatic N) is 1. The molecule has 0 saturated heterocycles. The molecule has 108 valence electrons. The quantitative estimate of drug-likeness (QED) is 0.775. The summed E-state index contributed by atoms with van der Waals surface area (Å²) in [4.78, 5) is 14.2. The number of alkyl halides is 1. The van der Waals surface area contributed by atoms with E-state index in [1.165, 1.54) is 0 Å². The van der Waals surface area contributed by atoms with Gasteiger partial charge in [0.1, 0.15) is 11.1 Å². The molecule has 0 unspecified atom stereocenters. The van der Waals surface area contributed by atoms with Crippen LogP contribution in [0.2, 0.25) is 0 Å². The van der Waals surface area contributed by atoms with Gasteiger partial charge in [0.25, 0.3) is 0 Å². The number of benzene rings is 1. The van der Waals surface area contributed by atoms with Gasteiger partial charge in [0.05, 0.1) is 18.3 Å². The fourth-order valence-electron chi connectivity index (χ4n) is 2.72. The molecule has 0 bridgehead atoms. The Bertz CT molecular complexity index is 576. The molecule has 0 fully saturated rings. The number of carbonyl (C=O) groups is 1. The topological polar surface area (TPSA) is 29.5 Å². The van der Waals surface area contributed by atoms with Crippen molar-refractivity contribution < 1.29 is 9.53 Å². The molecule has 0 radical (unpaired) electrons. The number of halogens is 1. The summed E-state index contributed by atoms with van der Waals surface area (Å²) in [6, 6.07) is 5.74. The fourth-order valence-corrected chi connectivity index (χ4v) is 2.81. The van der Waals surface area contributed by atoms with Gasteiger partial charge in [-0.1, -0.05) is 6.08 Å². The lowest BCUT2D eigenvalue weighted by molar-refractivity contribution is -0.118. The molecular formula is C16H20ClNO2. The largest absolute Gasteiger partial charge is 0.497 e. The Morgan fingerprint density at radius 3 is 2.60 bits per heavy atom. The molecule has 0 spiro atoms. The maximum absolute atomic E-state index is 12.5. The Hall–Kier alpha value is -1.48. The zero-order chi connectivity index (χ0) is 15.1. The summed E-state index contributed by atoms with van der Waals surface area (Å²) < 4.78 is 5.27. The number of amides is 1. The zero-order valence-electron chi connectivity index (χ0n) is 12.5. The molecule has 2 rings (SSSR count). The van der Waals surface area contributed by atoms with Gasteiger partial charge in [-0.05, 0) is 51.5 Å². The highest BCUT2D eigenvalue weighted by molar-refractivity contribution is 6.33. The van der Waals surface area contributed by atoms with Crippen LogP contribution in [0.15, 0.2) is 24.3 Å². The standard InChI is InChI=1S/C16H20ClNO2/c1-10-9-16(3,4)18(15(19)11(2)17)14-7-6-12(20-5)8-13(10)14/h6-9,11H,1-5H3/t11-/m1/s1. The number of ether oxygens (including phenoxy) is 1. The third-order valence-corrected chi connectivity index (χ3v) is 3.76. The Balaban J connectivity index is 2.62. The summed E-state index contributed by atoms with van der Waals surface area (Å²) in [5.74, 6) is 0.689. The highest BCUT2D eigenvalue weighted by Crippen LogP contribution is 2.41. The van der Waals surface area contributed by atoms with E-state index in [2.05, 4.69) is 6.08 Å². The molecule has 1 aliphatic heterocycles. The van der Waals surface area contributed by atoms with E-state index in [0.717, 1.165) is 22.6 Å². The SMILES string of the molecule is COc1ccc2c(c1)C(C)=CC(C)(C)N2C(=O)[C@@H](C)Cl. The summed E-state index contributed by atoms with van der Waals surface area (Å²) >= 11 is 6.01. The Labute approximate surface area is 125 Å². The molecule has 1 aliphatic rings. The lowest BCUT2D eigenvalue weighted by Crippen LogP contribution is -2.51. The molecular weight excluding hydrogens is 274 g/mol. The molecule has 1 atom stereocenters. The zero-order valence-corrected chi connectivity index (χ0v) is 13.3. The molecule has 1 aromatic carbocycles. The predicted molar refractivity (Wildman–Crippen MR) is 83.5 cm³/mol. The Morgan fingerprint density at radius 1 is 1.40 bits per heavy atom. The lowest BCUT2D eigenvalue weighted by atomic mass is 9.88. The Kier molecular flexibility index (Phi) is 3.83. The van der Waals surface area contributed by atoms with Crippen LogP contribution in [0.3, 0.4) is 0 Å². The first kappa shape index (κ1) is 14.9. The predicted octanol–water partition coefficient (Wildman–Crippen LogP) is 3.85. The molecule has 1 aromatic rings. The van der Waals surface area contributed by atoms with E-state index in [-0.39, 0.29) is 5.91 Å². The van der Waals surface area contributed by atoms with E-state index in [4.69, 9.17) is 16.3 Å². The van der Waals surface area contributed by atoms with Crippen LogP contribution in [0.5, 0.6) is 5.75 Å². The van der Waals surface area contributed by atoms with Gasteiger partial charge in [-0.3, -0.25) is 4.79 Å². The van der Waals surface area contributed by atoms with Gasteiger partial charge >= 0.3 is 0 Å². The van der Waals surface area contributed by atoms with E-state index in [9.17, 15) is 4.79 Å². The second kappa shape index (κ2) is 5.13. The second-order valence-corrected chi connectivity index (χ2v) is 6.31. The highest BCUT2D eigenvalue weighted by Gasteiger charge is 2.37. The van der Waals surface area contributed by atoms with Gasteiger partial charge in [-0.2, -0.15) is 0 Å². The van der Waals surface area contributed by atoms with E-state index in [0.29, 0.717) is 0 Å². The molecule has 0 saturated carbocycles. The number of anilines is 1. The molecule has 0 aromatic heterocycles. The van der Waals surface area contributed by atoms with Crippen molar-refractivity contribution in [2.75, 3.05) is 12.0 Å². The van der Waals surface area contributed by atoms with Crippen molar-refractivity contribution >= 4 is 28.8 Å². The molecule has 1 amide bonds. The van der Waals surface area contributed by atoms with Crippen molar-refractivity contribution in [1.82, 2.24) is 0 Å². The first-order valence-corrected chi connectivity index (χ1v) is 7.07. The van der Waals surface area contributed by atoms with Crippen molar-refractivity contribution in [3.8, 4) is 5.75 Å². The first-order valence-electron chi connectivity index (χ1n) is 6.64. The summed E-state index contributed by atoms with van der Waals surface area (Å²) in [6.45, 7) is 7.78. The van der Waals surface area contributed by atoms with Crippen LogP contribution in [0, 0.1) is 0 Å². The molecule has 1 heterocycles. The number of hydrogen-bond donors (Lipinski definition) is 0. The lowest BCUT2D eigenvalue weighted by Gasteiger charge is -2.42. The van der Waals surface area contributed by atoms with Crippen molar-refractivity contribution in [2.24, 2.45) is 0 Å². The van der Waals surface area contributed by atoms with Crippen molar-refractivity contribution in [3.05, 3.63) is 29.8 Å². The number of rotatable bonds is 2. The highest BCUT2D eigenvalue weighted by atomic mass is 35.5. The number of hydrogen-bond acceptors (Lipinski definition) is 2. The fraction of sp³-hybridized carbons (Fsp3) is 0.438. The van der Waals surface area contributed by atoms with Crippen LogP contribution in [0.1, 0.15) is 33.3 Å². The first-order chi connectivity index (χ1) is 9.27. The number of allylic oxidation sites excluding steroid dienone is 1. The minimum atomic E-state index is -0.559. The van der Waals surface area contributed by atoms with Crippen LogP contribution in [0.25, 0.3) is 5.57 Å². The van der Waals surface area contributed by atoms with Crippen LogP contribution < -0.4 is 9.64 Å². The maximum Gasteiger partial charge on any atom is 0.245 e. The van der Waals surface area contributed by atoms with Crippen LogP contribution >= 0.6 is 11.6 Å². The minimum absolute atomic E-state index is 0.0909. The maximum atomic E-state index is 12.5. The van der Waals surface area contributed by atoms with Gasteiger partial charge in [0.15, 0.2) is 0 Å². The number of carbonyl (C=O) groups excluding carboxylic acids is 1. The van der Waals surface area contributed by atoms with Gasteiger partial charge in [-0.15, -0.1) is 11.6 Å². The third-order valence-electron chi connectivity index (χ3n) is 3.58. The van der Waals surface area contributed by atoms with Crippen LogP contribution in [-0.2, 0) is 4.79 Å². The van der Waals surface area contributed by atoms with E-state index in [1.54, 1.807) is 18.9 Å². The van der Waals surface area contributed by atoms with Crippen molar-refractivity contribution in [2.45, 2.75) is 38.6 Å². The van der Waals surface area contributed by atoms with Crippen LogP contribution in [-0.4, -0.2) is 23.9 Å². The van der Waals surface area contributed by atoms with Gasteiger partial charge in [0, 0.05) is 5.56 Å². The Morgan fingerprint density at radius 2 is 2.05 bits per heavy atom. The minimum Gasteiger partial charge on any atom is -0.497 e. The molecule has 0 N–H and O–H groups in total. The average Bonchev–Trinajstić information content (AvgIpc) is 2.37. The monoisotopic (exact) mass is 293 g/mol. The summed E-state index contributed by atoms with van der Waals surface area (Å²) in [5.41, 5.74) is 2.63. The van der Waals surface area contributed by atoms with Gasteiger partial charge < -0.3 is 9.64 Å². The van der Waals surface area contributed by atoms with Gasteiger partial charge in [-0.25, -0.2) is 0 Å². The van der Waals surface area contributed by atoms with E-state index in [1.807, 2.05) is 39.0 Å². The smallest absolute Gasteiger partial charge is 0.245 e. The van der Waals surface area contributed by atoms with Crippen molar-refractivity contribution in [1.29, 1.82) is 0 Å². The second-order valence-electron chi connectivity index (χ2n) is 5.65. The molecule has 20 heavy (non-hydrogen) atoms. The average molecular weight is 294 g/mol. The molecule has 0 aliphatic carbocycles. The molecule has 3 nitrogen and oxygen atoms in total. The van der Waals surface area contributed by atoms with Gasteiger partial charge in [0.2, 0.25) is 5.91 Å². The molecule has 4 heteroatoms. The van der Waals surface area contributed by atoms with Crippen molar-refractivity contribution in [3.63, 3.8) is 0 Å². The summed E-state index contributed by atoms with van der Waals surface area (Å²) in [6.07, 6.45) is 2.09. The summed E-state index contributed by atoms with van der Waals surface area (Å²) in [5, 5.41) is -0.559. The van der Waals surface area contributed by atoms with E-state index >= 15 is 0 Å².